The van der Waals surface area contributed by atoms with Crippen LogP contribution in [0.25, 0.3) is 10.9 Å². The molecule has 1 aliphatic heterocycles. The fourth-order valence-electron chi connectivity index (χ4n) is 3.70. The number of hydrogen-bond acceptors (Lipinski definition) is 4. The van der Waals surface area contributed by atoms with Crippen LogP contribution >= 0.6 is 12.2 Å². The molecule has 148 valence electrons. The molecule has 1 unspecified atom stereocenters. The molecule has 1 atom stereocenters. The van der Waals surface area contributed by atoms with Gasteiger partial charge in [0.05, 0.1) is 10.9 Å². The Morgan fingerprint density at radius 3 is 2.89 bits per heavy atom. The van der Waals surface area contributed by atoms with Crippen molar-refractivity contribution in [3.63, 3.8) is 0 Å². The number of carbonyl (C=O) groups is 2. The smallest absolute Gasteiger partial charge is 0.262 e. The fourth-order valence-corrected chi connectivity index (χ4v) is 3.96. The lowest BCUT2D eigenvalue weighted by atomic mass is 9.93. The molecule has 1 aliphatic rings. The van der Waals surface area contributed by atoms with Crippen molar-refractivity contribution in [3.05, 3.63) is 51.5 Å². The predicted molar refractivity (Wildman–Crippen MR) is 111 cm³/mol. The van der Waals surface area contributed by atoms with Gasteiger partial charge in [-0.2, -0.15) is 0 Å². The van der Waals surface area contributed by atoms with Crippen LogP contribution < -0.4 is 11.3 Å². The molecule has 2 amide bonds. The molecule has 7 nitrogen and oxygen atoms in total. The number of fused-ring (bicyclic) bond motifs is 1. The van der Waals surface area contributed by atoms with Gasteiger partial charge in [-0.15, -0.1) is 6.58 Å². The molecular weight excluding hydrogens is 376 g/mol. The number of rotatable bonds is 6. The minimum absolute atomic E-state index is 0.0831. The number of nitrogens with two attached hydrogens (primary N) is 1. The van der Waals surface area contributed by atoms with Crippen molar-refractivity contribution in [2.45, 2.75) is 32.2 Å². The number of amides is 2. The quantitative estimate of drug-likeness (QED) is 0.574. The Kier molecular flexibility index (Phi) is 6.08. The summed E-state index contributed by atoms with van der Waals surface area (Å²) in [5, 5.41) is 0.477. The number of nitrogens with one attached hydrogen (secondary N) is 1. The molecule has 0 aliphatic carbocycles. The lowest BCUT2D eigenvalue weighted by molar-refractivity contribution is -0.118. The lowest BCUT2D eigenvalue weighted by Gasteiger charge is -2.32. The van der Waals surface area contributed by atoms with E-state index in [9.17, 15) is 14.4 Å². The van der Waals surface area contributed by atoms with Gasteiger partial charge in [-0.3, -0.25) is 19.0 Å². The number of hydrogen-bond donors (Lipinski definition) is 2. The summed E-state index contributed by atoms with van der Waals surface area (Å²) in [6.45, 7) is 5.26. The molecule has 1 fully saturated rings. The van der Waals surface area contributed by atoms with Crippen LogP contribution in [-0.2, 0) is 11.3 Å². The third kappa shape index (κ3) is 4.22. The van der Waals surface area contributed by atoms with Gasteiger partial charge in [-0.05, 0) is 55.6 Å². The Hall–Kier alpha value is -2.74. The SMILES string of the molecule is C=CCn1c(=S)[nH]c2cc(C(=O)N3CCCC(CCC(N)=O)C3)ccc2c1=O. The molecule has 1 saturated heterocycles. The van der Waals surface area contributed by atoms with E-state index in [1.165, 1.54) is 4.57 Å². The summed E-state index contributed by atoms with van der Waals surface area (Å²) in [6, 6.07) is 5.01. The third-order valence-corrected chi connectivity index (χ3v) is 5.47. The van der Waals surface area contributed by atoms with Gasteiger partial charge in [0.1, 0.15) is 0 Å². The molecular formula is C20H24N4O3S. The fraction of sp³-hybridized carbons (Fsp3) is 0.400. The minimum atomic E-state index is -0.310. The van der Waals surface area contributed by atoms with Gasteiger partial charge in [0, 0.05) is 31.6 Å². The summed E-state index contributed by atoms with van der Waals surface area (Å²) in [4.78, 5) is 41.4. The van der Waals surface area contributed by atoms with Crippen molar-refractivity contribution in [1.82, 2.24) is 14.5 Å². The largest absolute Gasteiger partial charge is 0.370 e. The molecule has 3 N–H and O–H groups in total. The van der Waals surface area contributed by atoms with E-state index in [1.54, 1.807) is 24.3 Å². The zero-order valence-electron chi connectivity index (χ0n) is 15.6. The van der Waals surface area contributed by atoms with Gasteiger partial charge in [-0.25, -0.2) is 0 Å². The van der Waals surface area contributed by atoms with Gasteiger partial charge in [0.2, 0.25) is 5.91 Å². The summed E-state index contributed by atoms with van der Waals surface area (Å²) in [7, 11) is 0. The van der Waals surface area contributed by atoms with Crippen molar-refractivity contribution < 1.29 is 9.59 Å². The number of likely N-dealkylation sites (tertiary alicyclic amines) is 1. The number of benzene rings is 1. The van der Waals surface area contributed by atoms with Gasteiger partial charge in [0.25, 0.3) is 11.5 Å². The molecule has 1 aromatic heterocycles. The standard InChI is InChI=1S/C20H24N4O3S/c1-2-9-24-19(27)15-7-6-14(11-16(15)22-20(24)28)18(26)23-10-3-4-13(12-23)5-8-17(21)25/h2,6-7,11,13H,1,3-5,8-10,12H2,(H2,21,25)(H,22,28). The van der Waals surface area contributed by atoms with Crippen LogP contribution in [0.4, 0.5) is 0 Å². The second-order valence-corrected chi connectivity index (χ2v) is 7.55. The van der Waals surface area contributed by atoms with E-state index in [4.69, 9.17) is 18.0 Å². The molecule has 2 aromatic rings. The Morgan fingerprint density at radius 2 is 2.18 bits per heavy atom. The van der Waals surface area contributed by atoms with Crippen LogP contribution in [0.1, 0.15) is 36.0 Å². The first-order valence-electron chi connectivity index (χ1n) is 9.36. The van der Waals surface area contributed by atoms with Crippen LogP contribution in [-0.4, -0.2) is 39.4 Å². The molecule has 0 bridgehead atoms. The highest BCUT2D eigenvalue weighted by atomic mass is 32.1. The average molecular weight is 401 g/mol. The van der Waals surface area contributed by atoms with E-state index in [2.05, 4.69) is 11.6 Å². The van der Waals surface area contributed by atoms with Crippen molar-refractivity contribution in [1.29, 1.82) is 0 Å². The maximum absolute atomic E-state index is 13.0. The van der Waals surface area contributed by atoms with E-state index in [0.29, 0.717) is 53.7 Å². The zero-order valence-corrected chi connectivity index (χ0v) is 16.5. The highest BCUT2D eigenvalue weighted by molar-refractivity contribution is 7.71. The van der Waals surface area contributed by atoms with Crippen LogP contribution in [0.15, 0.2) is 35.6 Å². The molecule has 0 saturated carbocycles. The van der Waals surface area contributed by atoms with Crippen LogP contribution in [0.2, 0.25) is 0 Å². The Labute approximate surface area is 167 Å². The molecule has 28 heavy (non-hydrogen) atoms. The minimum Gasteiger partial charge on any atom is -0.370 e. The Morgan fingerprint density at radius 1 is 1.39 bits per heavy atom. The maximum Gasteiger partial charge on any atom is 0.262 e. The summed E-state index contributed by atoms with van der Waals surface area (Å²) >= 11 is 5.26. The summed E-state index contributed by atoms with van der Waals surface area (Å²) < 4.78 is 1.73. The number of primary amides is 1. The highest BCUT2D eigenvalue weighted by Crippen LogP contribution is 2.23. The number of aromatic nitrogens is 2. The van der Waals surface area contributed by atoms with Gasteiger partial charge >= 0.3 is 0 Å². The summed E-state index contributed by atoms with van der Waals surface area (Å²) in [6.07, 6.45) is 4.55. The Balaban J connectivity index is 1.85. The van der Waals surface area contributed by atoms with Gasteiger partial charge in [-0.1, -0.05) is 6.08 Å². The first-order chi connectivity index (χ1) is 13.4. The second kappa shape index (κ2) is 8.52. The third-order valence-electron chi connectivity index (χ3n) is 5.15. The van der Waals surface area contributed by atoms with Crippen LogP contribution in [0.3, 0.4) is 0 Å². The van der Waals surface area contributed by atoms with E-state index < -0.39 is 0 Å². The number of H-pyrrole nitrogens is 1. The van der Waals surface area contributed by atoms with E-state index in [0.717, 1.165) is 12.8 Å². The number of allylic oxidation sites excluding steroid dienone is 1. The zero-order chi connectivity index (χ0) is 20.3. The number of nitrogens with zero attached hydrogens (tertiary/aromatic N) is 2. The van der Waals surface area contributed by atoms with Crippen molar-refractivity contribution in [3.8, 4) is 0 Å². The van der Waals surface area contributed by atoms with Gasteiger partial charge in [0.15, 0.2) is 4.77 Å². The van der Waals surface area contributed by atoms with Crippen LogP contribution in [0.5, 0.6) is 0 Å². The molecule has 2 heterocycles. The van der Waals surface area contributed by atoms with Crippen molar-refractivity contribution in [2.24, 2.45) is 11.7 Å². The molecule has 0 spiro atoms. The van der Waals surface area contributed by atoms with Crippen molar-refractivity contribution >= 4 is 34.9 Å². The average Bonchev–Trinajstić information content (AvgIpc) is 2.68. The number of piperidine rings is 1. The van der Waals surface area contributed by atoms with Crippen LogP contribution in [0, 0.1) is 10.7 Å². The van der Waals surface area contributed by atoms with E-state index in [-0.39, 0.29) is 23.3 Å². The first-order valence-corrected chi connectivity index (χ1v) is 9.77. The van der Waals surface area contributed by atoms with E-state index >= 15 is 0 Å². The molecule has 3 rings (SSSR count). The van der Waals surface area contributed by atoms with Crippen molar-refractivity contribution in [2.75, 3.05) is 13.1 Å². The molecule has 0 radical (unpaired) electrons. The highest BCUT2D eigenvalue weighted by Gasteiger charge is 2.25. The molecule has 8 heteroatoms. The molecule has 1 aromatic carbocycles. The maximum atomic E-state index is 13.0. The first kappa shape index (κ1) is 20.0. The topological polar surface area (TPSA) is 101 Å². The monoisotopic (exact) mass is 400 g/mol. The number of aromatic amines is 1. The summed E-state index contributed by atoms with van der Waals surface area (Å²) in [5.74, 6) is -0.113. The van der Waals surface area contributed by atoms with E-state index in [1.807, 2.05) is 4.90 Å². The summed E-state index contributed by atoms with van der Waals surface area (Å²) in [5.41, 5.74) is 6.09. The Bertz CT molecular complexity index is 1040. The normalized spacial score (nSPS) is 16.9. The number of carbonyl (C=O) groups excluding carboxylic acids is 2. The second-order valence-electron chi connectivity index (χ2n) is 7.16. The van der Waals surface area contributed by atoms with Gasteiger partial charge < -0.3 is 15.6 Å². The lowest BCUT2D eigenvalue weighted by Crippen LogP contribution is -2.40. The predicted octanol–water partition coefficient (Wildman–Crippen LogP) is 2.36.